The molecule has 3 nitrogen and oxygen atoms in total. The molecule has 0 saturated heterocycles. The Labute approximate surface area is 54.4 Å². The molecule has 0 aliphatic rings. The molecule has 0 saturated carbocycles. The lowest BCUT2D eigenvalue weighted by Crippen LogP contribution is -1.66. The second-order valence-corrected chi connectivity index (χ2v) is 1.22. The van der Waals surface area contributed by atoms with Crippen LogP contribution in [0.4, 0.5) is 0 Å². The molecule has 0 unspecified atom stereocenters. The zero-order valence-corrected chi connectivity index (χ0v) is 5.36. The van der Waals surface area contributed by atoms with Gasteiger partial charge in [-0.05, 0) is 13.0 Å². The van der Waals surface area contributed by atoms with Gasteiger partial charge >= 0.3 is 0 Å². The standard InChI is InChI=1S/C4H4N2.C2H6O/c1-2-5-4-6-3-1;1-2-3/h1-4H;3H,2H2,1H3. The molecule has 0 atom stereocenters. The molecule has 9 heavy (non-hydrogen) atoms. The van der Waals surface area contributed by atoms with Crippen LogP contribution < -0.4 is 0 Å². The number of rotatable bonds is 0. The van der Waals surface area contributed by atoms with Crippen LogP contribution in [0, 0.1) is 0 Å². The smallest absolute Gasteiger partial charge is 0.115 e. The summed E-state index contributed by atoms with van der Waals surface area (Å²) in [6.45, 7) is 1.93. The van der Waals surface area contributed by atoms with E-state index in [0.29, 0.717) is 0 Å². The lowest BCUT2D eigenvalue weighted by Gasteiger charge is -1.70. The highest BCUT2D eigenvalue weighted by molar-refractivity contribution is 4.74. The van der Waals surface area contributed by atoms with Crippen LogP contribution in [0.1, 0.15) is 6.92 Å². The van der Waals surface area contributed by atoms with Gasteiger partial charge in [0.2, 0.25) is 0 Å². The molecule has 0 aliphatic carbocycles. The van der Waals surface area contributed by atoms with Gasteiger partial charge in [-0.15, -0.1) is 0 Å². The molecule has 1 aromatic heterocycles. The fourth-order valence-electron chi connectivity index (χ4n) is 0.253. The highest BCUT2D eigenvalue weighted by Gasteiger charge is 1.59. The summed E-state index contributed by atoms with van der Waals surface area (Å²) in [5, 5.41) is 7.57. The maximum atomic E-state index is 7.57. The molecule has 1 heterocycles. The lowest BCUT2D eigenvalue weighted by molar-refractivity contribution is 0.318. The number of nitrogens with zero attached hydrogens (tertiary/aromatic N) is 2. The van der Waals surface area contributed by atoms with Crippen molar-refractivity contribution in [3.05, 3.63) is 24.8 Å². The van der Waals surface area contributed by atoms with Gasteiger partial charge in [0, 0.05) is 19.0 Å². The van der Waals surface area contributed by atoms with E-state index < -0.39 is 0 Å². The Morgan fingerprint density at radius 3 is 1.89 bits per heavy atom. The summed E-state index contributed by atoms with van der Waals surface area (Å²) in [7, 11) is 0. The molecule has 0 aliphatic heterocycles. The molecule has 50 valence electrons. The van der Waals surface area contributed by atoms with Crippen molar-refractivity contribution in [1.82, 2.24) is 9.97 Å². The summed E-state index contributed by atoms with van der Waals surface area (Å²) in [4.78, 5) is 7.35. The largest absolute Gasteiger partial charge is 0.397 e. The summed E-state index contributed by atoms with van der Waals surface area (Å²) in [5.74, 6) is 0. The first kappa shape index (κ1) is 8.04. The third kappa shape index (κ3) is 7.04. The normalized spacial score (nSPS) is 7.33. The van der Waals surface area contributed by atoms with E-state index in [0.717, 1.165) is 0 Å². The van der Waals surface area contributed by atoms with E-state index >= 15 is 0 Å². The lowest BCUT2D eigenvalue weighted by atomic mass is 10.7. The van der Waals surface area contributed by atoms with Crippen molar-refractivity contribution in [1.29, 1.82) is 0 Å². The van der Waals surface area contributed by atoms with Crippen molar-refractivity contribution < 1.29 is 5.11 Å². The van der Waals surface area contributed by atoms with E-state index in [9.17, 15) is 0 Å². The van der Waals surface area contributed by atoms with E-state index in [1.807, 2.05) is 0 Å². The second-order valence-electron chi connectivity index (χ2n) is 1.22. The zero-order chi connectivity index (χ0) is 6.95. The maximum Gasteiger partial charge on any atom is 0.115 e. The van der Waals surface area contributed by atoms with Gasteiger partial charge in [0.1, 0.15) is 6.33 Å². The van der Waals surface area contributed by atoms with Crippen LogP contribution in [0.15, 0.2) is 24.8 Å². The molecule has 0 spiro atoms. The highest BCUT2D eigenvalue weighted by Crippen LogP contribution is 1.66. The first-order chi connectivity index (χ1) is 4.41. The van der Waals surface area contributed by atoms with Crippen LogP contribution in [-0.4, -0.2) is 21.7 Å². The Kier molecular flexibility index (Phi) is 6.29. The summed E-state index contributed by atoms with van der Waals surface area (Å²) in [6, 6.07) is 1.78. The van der Waals surface area contributed by atoms with Gasteiger partial charge in [0.15, 0.2) is 0 Å². The van der Waals surface area contributed by atoms with Gasteiger partial charge in [-0.1, -0.05) is 0 Å². The third-order valence-corrected chi connectivity index (χ3v) is 0.478. The average Bonchev–Trinajstić information content (AvgIpc) is 1.93. The third-order valence-electron chi connectivity index (χ3n) is 0.478. The summed E-state index contributed by atoms with van der Waals surface area (Å²) >= 11 is 0. The van der Waals surface area contributed by atoms with Gasteiger partial charge in [-0.3, -0.25) is 0 Å². The van der Waals surface area contributed by atoms with Gasteiger partial charge in [0.25, 0.3) is 0 Å². The van der Waals surface area contributed by atoms with Crippen LogP contribution in [0.5, 0.6) is 0 Å². The first-order valence-electron chi connectivity index (χ1n) is 2.72. The van der Waals surface area contributed by atoms with Crippen molar-refractivity contribution in [3.63, 3.8) is 0 Å². The van der Waals surface area contributed by atoms with Crippen LogP contribution in [0.25, 0.3) is 0 Å². The first-order valence-corrected chi connectivity index (χ1v) is 2.72. The predicted octanol–water partition coefficient (Wildman–Crippen LogP) is 0.475. The number of aliphatic hydroxyl groups excluding tert-OH is 1. The highest BCUT2D eigenvalue weighted by atomic mass is 16.2. The Bertz CT molecular complexity index is 93.9. The Balaban J connectivity index is 0.000000187. The number of hydrogen-bond acceptors (Lipinski definition) is 3. The number of hydrogen-bond donors (Lipinski definition) is 1. The topological polar surface area (TPSA) is 46.0 Å². The quantitative estimate of drug-likeness (QED) is 0.549. The van der Waals surface area contributed by atoms with E-state index in [1.165, 1.54) is 6.33 Å². The van der Waals surface area contributed by atoms with Gasteiger partial charge in [-0.2, -0.15) is 0 Å². The van der Waals surface area contributed by atoms with Crippen molar-refractivity contribution in [2.24, 2.45) is 0 Å². The fourth-order valence-corrected chi connectivity index (χ4v) is 0.253. The van der Waals surface area contributed by atoms with Crippen molar-refractivity contribution in [2.45, 2.75) is 6.92 Å². The van der Waals surface area contributed by atoms with Crippen LogP contribution in [0.2, 0.25) is 0 Å². The summed E-state index contributed by atoms with van der Waals surface area (Å²) in [6.07, 6.45) is 4.88. The molecular formula is C6H10N2O. The minimum absolute atomic E-state index is 0.250. The van der Waals surface area contributed by atoms with Crippen molar-refractivity contribution >= 4 is 0 Å². The Morgan fingerprint density at radius 1 is 1.33 bits per heavy atom. The van der Waals surface area contributed by atoms with E-state index in [4.69, 9.17) is 5.11 Å². The molecule has 0 fully saturated rings. The fraction of sp³-hybridized carbons (Fsp3) is 0.333. The number of aromatic nitrogens is 2. The SMILES string of the molecule is CCO.c1cncnc1. The molecule has 1 N–H and O–H groups in total. The molecule has 1 rings (SSSR count). The maximum absolute atomic E-state index is 7.57. The second kappa shape index (κ2) is 7.04. The van der Waals surface area contributed by atoms with Crippen molar-refractivity contribution in [3.8, 4) is 0 Å². The summed E-state index contributed by atoms with van der Waals surface area (Å²) in [5.41, 5.74) is 0. The monoisotopic (exact) mass is 126 g/mol. The van der Waals surface area contributed by atoms with Gasteiger partial charge in [0.05, 0.1) is 0 Å². The zero-order valence-electron chi connectivity index (χ0n) is 5.36. The van der Waals surface area contributed by atoms with Crippen LogP contribution >= 0.6 is 0 Å². The van der Waals surface area contributed by atoms with E-state index in [-0.39, 0.29) is 6.61 Å². The van der Waals surface area contributed by atoms with E-state index in [2.05, 4.69) is 9.97 Å². The molecule has 1 aromatic rings. The van der Waals surface area contributed by atoms with Crippen molar-refractivity contribution in [2.75, 3.05) is 6.61 Å². The molecule has 3 heteroatoms. The number of aliphatic hydroxyl groups is 1. The van der Waals surface area contributed by atoms with E-state index in [1.54, 1.807) is 25.4 Å². The van der Waals surface area contributed by atoms with Crippen LogP contribution in [-0.2, 0) is 0 Å². The summed E-state index contributed by atoms with van der Waals surface area (Å²) < 4.78 is 0. The molecule has 0 bridgehead atoms. The molecular weight excluding hydrogens is 116 g/mol. The average molecular weight is 126 g/mol. The minimum Gasteiger partial charge on any atom is -0.397 e. The van der Waals surface area contributed by atoms with Gasteiger partial charge in [-0.25, -0.2) is 9.97 Å². The van der Waals surface area contributed by atoms with Crippen LogP contribution in [0.3, 0.4) is 0 Å². The Morgan fingerprint density at radius 2 is 1.78 bits per heavy atom. The predicted molar refractivity (Wildman–Crippen MR) is 34.8 cm³/mol. The molecule has 0 aromatic carbocycles. The Hall–Kier alpha value is -0.960. The minimum atomic E-state index is 0.250. The molecule has 0 amide bonds. The molecule has 0 radical (unpaired) electrons. The van der Waals surface area contributed by atoms with Gasteiger partial charge < -0.3 is 5.11 Å².